The van der Waals surface area contributed by atoms with E-state index < -0.39 is 0 Å². The molecule has 0 fully saturated rings. The predicted molar refractivity (Wildman–Crippen MR) is 72.8 cm³/mol. The average Bonchev–Trinajstić information content (AvgIpc) is 2.80. The van der Waals surface area contributed by atoms with Crippen LogP contribution in [-0.4, -0.2) is 33.0 Å². The minimum Gasteiger partial charge on any atom is -0.334 e. The Morgan fingerprint density at radius 3 is 2.42 bits per heavy atom. The molecule has 1 aromatic heterocycles. The summed E-state index contributed by atoms with van der Waals surface area (Å²) in [6, 6.07) is 4.06. The molecule has 100 valence electrons. The summed E-state index contributed by atoms with van der Waals surface area (Å²) in [6.07, 6.45) is 1.44. The fourth-order valence-electron chi connectivity index (χ4n) is 2.31. The van der Waals surface area contributed by atoms with Gasteiger partial charge in [-0.15, -0.1) is 0 Å². The number of aromatic amines is 1. The fraction of sp³-hybridized carbons (Fsp3) is 0.357. The van der Waals surface area contributed by atoms with Gasteiger partial charge < -0.3 is 4.90 Å². The summed E-state index contributed by atoms with van der Waals surface area (Å²) in [7, 11) is 1.77. The molecular weight excluding hydrogens is 240 g/mol. The monoisotopic (exact) mass is 258 g/mol. The van der Waals surface area contributed by atoms with Crippen LogP contribution >= 0.6 is 0 Å². The van der Waals surface area contributed by atoms with Crippen LogP contribution in [0.5, 0.6) is 0 Å². The number of H-pyrrole nitrogens is 1. The van der Waals surface area contributed by atoms with Crippen LogP contribution in [0.25, 0.3) is 0 Å². The molecule has 0 aliphatic rings. The Morgan fingerprint density at radius 2 is 1.89 bits per heavy atom. The van der Waals surface area contributed by atoms with Gasteiger partial charge in [-0.25, -0.2) is 4.98 Å². The molecule has 0 atom stereocenters. The highest BCUT2D eigenvalue weighted by atomic mass is 16.2. The van der Waals surface area contributed by atoms with Crippen LogP contribution in [0.15, 0.2) is 18.5 Å². The normalized spacial score (nSPS) is 10.5. The van der Waals surface area contributed by atoms with Gasteiger partial charge in [-0.1, -0.05) is 17.7 Å². The summed E-state index contributed by atoms with van der Waals surface area (Å²) in [5.74, 6) is 0.685. The van der Waals surface area contributed by atoms with E-state index >= 15 is 0 Å². The quantitative estimate of drug-likeness (QED) is 0.916. The van der Waals surface area contributed by atoms with E-state index in [2.05, 4.69) is 15.2 Å². The van der Waals surface area contributed by atoms with E-state index in [-0.39, 0.29) is 5.91 Å². The van der Waals surface area contributed by atoms with Crippen molar-refractivity contribution in [3.63, 3.8) is 0 Å². The zero-order chi connectivity index (χ0) is 14.0. The minimum atomic E-state index is 0.00593. The lowest BCUT2D eigenvalue weighted by molar-refractivity contribution is 0.0780. The minimum absolute atomic E-state index is 0.00593. The van der Waals surface area contributed by atoms with Gasteiger partial charge >= 0.3 is 0 Å². The van der Waals surface area contributed by atoms with Crippen LogP contribution < -0.4 is 0 Å². The summed E-state index contributed by atoms with van der Waals surface area (Å²) in [5.41, 5.74) is 3.95. The molecular formula is C14H18N4O. The van der Waals surface area contributed by atoms with E-state index in [4.69, 9.17) is 0 Å². The first-order valence-corrected chi connectivity index (χ1v) is 6.16. The molecule has 0 spiro atoms. The first-order chi connectivity index (χ1) is 8.99. The first kappa shape index (κ1) is 13.3. The number of rotatable bonds is 3. The largest absolute Gasteiger partial charge is 0.334 e. The molecule has 5 heteroatoms. The van der Waals surface area contributed by atoms with Crippen molar-refractivity contribution in [3.05, 3.63) is 46.5 Å². The molecule has 1 heterocycles. The Labute approximate surface area is 112 Å². The third-order valence-corrected chi connectivity index (χ3v) is 3.09. The third kappa shape index (κ3) is 2.81. The van der Waals surface area contributed by atoms with Crippen LogP contribution in [0, 0.1) is 20.8 Å². The van der Waals surface area contributed by atoms with E-state index in [1.54, 1.807) is 11.9 Å². The predicted octanol–water partition coefficient (Wildman–Crippen LogP) is 2.00. The lowest BCUT2D eigenvalue weighted by atomic mass is 9.99. The van der Waals surface area contributed by atoms with Crippen LogP contribution in [0.4, 0.5) is 0 Å². The molecule has 0 aliphatic heterocycles. The second kappa shape index (κ2) is 5.22. The van der Waals surface area contributed by atoms with E-state index in [0.717, 1.165) is 16.7 Å². The van der Waals surface area contributed by atoms with Crippen molar-refractivity contribution in [1.82, 2.24) is 20.1 Å². The molecule has 0 saturated heterocycles. The van der Waals surface area contributed by atoms with Gasteiger partial charge in [-0.3, -0.25) is 9.89 Å². The van der Waals surface area contributed by atoms with E-state index in [1.165, 1.54) is 11.9 Å². The highest BCUT2D eigenvalue weighted by Gasteiger charge is 2.17. The van der Waals surface area contributed by atoms with Gasteiger partial charge in [0.2, 0.25) is 0 Å². The first-order valence-electron chi connectivity index (χ1n) is 6.16. The zero-order valence-corrected chi connectivity index (χ0v) is 11.7. The molecule has 19 heavy (non-hydrogen) atoms. The molecule has 5 nitrogen and oxygen atoms in total. The molecule has 0 unspecified atom stereocenters. The van der Waals surface area contributed by atoms with E-state index in [0.29, 0.717) is 12.4 Å². The fourth-order valence-corrected chi connectivity index (χ4v) is 2.31. The molecule has 0 saturated carbocycles. The summed E-state index contributed by atoms with van der Waals surface area (Å²) in [4.78, 5) is 18.2. The van der Waals surface area contributed by atoms with E-state index in [9.17, 15) is 4.79 Å². The van der Waals surface area contributed by atoms with Crippen molar-refractivity contribution < 1.29 is 4.79 Å². The Hall–Kier alpha value is -2.17. The lowest BCUT2D eigenvalue weighted by Gasteiger charge is -2.19. The number of carbonyl (C=O) groups is 1. The van der Waals surface area contributed by atoms with Crippen molar-refractivity contribution in [2.24, 2.45) is 0 Å². The Bertz CT molecular complexity index is 566. The number of nitrogens with one attached hydrogen (secondary N) is 1. The molecule has 0 bridgehead atoms. The van der Waals surface area contributed by atoms with Gasteiger partial charge in [-0.05, 0) is 31.9 Å². The maximum Gasteiger partial charge on any atom is 0.254 e. The molecule has 0 aliphatic carbocycles. The molecule has 0 radical (unpaired) electrons. The van der Waals surface area contributed by atoms with Crippen LogP contribution in [0.1, 0.15) is 32.9 Å². The summed E-state index contributed by atoms with van der Waals surface area (Å²) in [5, 5.41) is 6.54. The van der Waals surface area contributed by atoms with Crippen molar-refractivity contribution in [2.45, 2.75) is 27.3 Å². The highest BCUT2D eigenvalue weighted by Crippen LogP contribution is 2.18. The standard InChI is InChI=1S/C14H18N4O/c1-9-5-10(2)13(11(3)6-9)14(19)18(4)7-12-15-8-16-17-12/h5-6,8H,7H2,1-4H3,(H,15,16,17). The third-order valence-electron chi connectivity index (χ3n) is 3.09. The summed E-state index contributed by atoms with van der Waals surface area (Å²) in [6.45, 7) is 6.39. The average molecular weight is 258 g/mol. The number of hydrogen-bond acceptors (Lipinski definition) is 3. The van der Waals surface area contributed by atoms with Gasteiger partial charge in [0.05, 0.1) is 6.54 Å². The Morgan fingerprint density at radius 1 is 1.26 bits per heavy atom. The Balaban J connectivity index is 2.24. The van der Waals surface area contributed by atoms with E-state index in [1.807, 2.05) is 32.9 Å². The SMILES string of the molecule is Cc1cc(C)c(C(=O)N(C)Cc2ncn[nH]2)c(C)c1. The van der Waals surface area contributed by atoms with Gasteiger partial charge in [0.1, 0.15) is 12.2 Å². The van der Waals surface area contributed by atoms with Gasteiger partial charge in [0.15, 0.2) is 0 Å². The molecule has 2 rings (SSSR count). The molecule has 2 aromatic rings. The van der Waals surface area contributed by atoms with Crippen LogP contribution in [0.3, 0.4) is 0 Å². The van der Waals surface area contributed by atoms with Gasteiger partial charge in [-0.2, -0.15) is 5.10 Å². The van der Waals surface area contributed by atoms with Crippen molar-refractivity contribution in [2.75, 3.05) is 7.05 Å². The number of hydrogen-bond donors (Lipinski definition) is 1. The number of aryl methyl sites for hydroxylation is 3. The smallest absolute Gasteiger partial charge is 0.254 e. The summed E-state index contributed by atoms with van der Waals surface area (Å²) < 4.78 is 0. The summed E-state index contributed by atoms with van der Waals surface area (Å²) >= 11 is 0. The van der Waals surface area contributed by atoms with Crippen LogP contribution in [0.2, 0.25) is 0 Å². The Kier molecular flexibility index (Phi) is 3.64. The highest BCUT2D eigenvalue weighted by molar-refractivity contribution is 5.97. The topological polar surface area (TPSA) is 61.9 Å². The van der Waals surface area contributed by atoms with Gasteiger partial charge in [0, 0.05) is 12.6 Å². The number of benzene rings is 1. The number of carbonyl (C=O) groups excluding carboxylic acids is 1. The number of amides is 1. The van der Waals surface area contributed by atoms with Crippen LogP contribution in [-0.2, 0) is 6.54 Å². The maximum atomic E-state index is 12.5. The second-order valence-electron chi connectivity index (χ2n) is 4.87. The number of nitrogens with zero attached hydrogens (tertiary/aromatic N) is 3. The lowest BCUT2D eigenvalue weighted by Crippen LogP contribution is -2.28. The molecule has 1 amide bonds. The van der Waals surface area contributed by atoms with Crippen molar-refractivity contribution in [1.29, 1.82) is 0 Å². The second-order valence-corrected chi connectivity index (χ2v) is 4.87. The maximum absolute atomic E-state index is 12.5. The van der Waals surface area contributed by atoms with Gasteiger partial charge in [0.25, 0.3) is 5.91 Å². The molecule has 1 aromatic carbocycles. The zero-order valence-electron chi connectivity index (χ0n) is 11.7. The number of aromatic nitrogens is 3. The van der Waals surface area contributed by atoms with Crippen molar-refractivity contribution >= 4 is 5.91 Å². The molecule has 1 N–H and O–H groups in total. The van der Waals surface area contributed by atoms with Crippen molar-refractivity contribution in [3.8, 4) is 0 Å².